The van der Waals surface area contributed by atoms with Gasteiger partial charge in [-0.05, 0) is 42.1 Å². The predicted molar refractivity (Wildman–Crippen MR) is 101 cm³/mol. The number of pyridine rings is 1. The summed E-state index contributed by atoms with van der Waals surface area (Å²) >= 11 is 1.77. The van der Waals surface area contributed by atoms with Crippen LogP contribution in [0.4, 0.5) is 0 Å². The number of amides is 1. The Bertz CT molecular complexity index is 888. The molecule has 1 amide bonds. The van der Waals surface area contributed by atoms with Crippen LogP contribution < -0.4 is 5.32 Å². The molecule has 0 aliphatic carbocycles. The summed E-state index contributed by atoms with van der Waals surface area (Å²) in [5.74, 6) is -0.0202. The highest BCUT2D eigenvalue weighted by atomic mass is 32.1. The fraction of sp³-hybridized carbons (Fsp3) is 0.316. The maximum atomic E-state index is 12.8. The van der Waals surface area contributed by atoms with Crippen LogP contribution in [-0.4, -0.2) is 32.1 Å². The van der Waals surface area contributed by atoms with E-state index in [0.29, 0.717) is 13.1 Å². The molecule has 1 atom stereocenters. The van der Waals surface area contributed by atoms with Crippen molar-refractivity contribution in [3.05, 3.63) is 69.9 Å². The molecule has 0 radical (unpaired) electrons. The summed E-state index contributed by atoms with van der Waals surface area (Å²) in [7, 11) is 0. The lowest BCUT2D eigenvalue weighted by molar-refractivity contribution is -0.126. The molecule has 1 aliphatic rings. The second kappa shape index (κ2) is 7.39. The molecule has 26 heavy (non-hydrogen) atoms. The van der Waals surface area contributed by atoms with E-state index in [1.54, 1.807) is 23.7 Å². The number of nitrogens with one attached hydrogen (secondary N) is 1. The fourth-order valence-corrected chi connectivity index (χ4v) is 4.19. The van der Waals surface area contributed by atoms with Gasteiger partial charge in [0.2, 0.25) is 5.91 Å². The third-order valence-corrected chi connectivity index (χ3v) is 5.68. The highest BCUT2D eigenvalue weighted by Gasteiger charge is 2.31. The first kappa shape index (κ1) is 16.9. The lowest BCUT2D eigenvalue weighted by atomic mass is 10.1. The average Bonchev–Trinajstić information content (AvgIpc) is 3.29. The molecule has 1 N–H and O–H groups in total. The van der Waals surface area contributed by atoms with Gasteiger partial charge in [-0.1, -0.05) is 6.07 Å². The van der Waals surface area contributed by atoms with Crippen LogP contribution in [0.5, 0.6) is 0 Å². The Hall–Kier alpha value is -2.51. The van der Waals surface area contributed by atoms with Gasteiger partial charge in [-0.25, -0.2) is 0 Å². The Morgan fingerprint density at radius 3 is 3.00 bits per heavy atom. The maximum Gasteiger partial charge on any atom is 0.246 e. The second-order valence-corrected chi connectivity index (χ2v) is 7.52. The molecule has 7 heteroatoms. The van der Waals surface area contributed by atoms with E-state index < -0.39 is 0 Å². The molecule has 1 aliphatic heterocycles. The summed E-state index contributed by atoms with van der Waals surface area (Å²) in [6.45, 7) is 4.88. The molecule has 3 aromatic rings. The fourth-order valence-electron chi connectivity index (χ4n) is 3.24. The molecule has 0 aromatic carbocycles. The van der Waals surface area contributed by atoms with E-state index in [0.717, 1.165) is 24.5 Å². The number of carbonyl (C=O) groups excluding carboxylic acids is 1. The number of rotatable bonds is 5. The second-order valence-electron chi connectivity index (χ2n) is 6.52. The number of aryl methyl sites for hydroxylation is 1. The van der Waals surface area contributed by atoms with Gasteiger partial charge in [0.25, 0.3) is 0 Å². The summed E-state index contributed by atoms with van der Waals surface area (Å²) < 4.78 is 1.85. The van der Waals surface area contributed by atoms with Crippen molar-refractivity contribution in [3.8, 4) is 0 Å². The zero-order valence-electron chi connectivity index (χ0n) is 14.6. The molecule has 4 heterocycles. The van der Waals surface area contributed by atoms with Gasteiger partial charge in [-0.3, -0.25) is 19.4 Å². The Balaban J connectivity index is 1.47. The van der Waals surface area contributed by atoms with Crippen molar-refractivity contribution in [1.29, 1.82) is 0 Å². The standard InChI is InChI=1S/C19H21N5OS/c1-14-6-9-26-18(14)13-23-11-16-5-8-22-24(16)17(12-23)19(25)21-10-15-4-2-3-7-20-15/h2-9,17H,10-13H2,1H3,(H,21,25). The zero-order chi connectivity index (χ0) is 17.9. The zero-order valence-corrected chi connectivity index (χ0v) is 15.4. The van der Waals surface area contributed by atoms with Gasteiger partial charge in [-0.2, -0.15) is 5.10 Å². The van der Waals surface area contributed by atoms with Gasteiger partial charge in [0.1, 0.15) is 6.04 Å². The quantitative estimate of drug-likeness (QED) is 0.753. The number of thiophene rings is 1. The molecule has 0 saturated heterocycles. The Kier molecular flexibility index (Phi) is 4.81. The third kappa shape index (κ3) is 3.54. The van der Waals surface area contributed by atoms with Crippen LogP contribution in [0.2, 0.25) is 0 Å². The molecule has 3 aromatic heterocycles. The van der Waals surface area contributed by atoms with E-state index in [9.17, 15) is 4.79 Å². The lowest BCUT2D eigenvalue weighted by Crippen LogP contribution is -2.44. The van der Waals surface area contributed by atoms with Crippen molar-refractivity contribution in [3.63, 3.8) is 0 Å². The number of hydrogen-bond acceptors (Lipinski definition) is 5. The van der Waals surface area contributed by atoms with Crippen LogP contribution in [-0.2, 0) is 24.4 Å². The first-order valence-corrected chi connectivity index (χ1v) is 9.54. The van der Waals surface area contributed by atoms with Gasteiger partial charge in [0.05, 0.1) is 17.9 Å². The van der Waals surface area contributed by atoms with Crippen LogP contribution >= 0.6 is 11.3 Å². The minimum Gasteiger partial charge on any atom is -0.349 e. The molecule has 6 nitrogen and oxygen atoms in total. The van der Waals surface area contributed by atoms with E-state index in [2.05, 4.69) is 38.7 Å². The predicted octanol–water partition coefficient (Wildman–Crippen LogP) is 2.52. The van der Waals surface area contributed by atoms with E-state index in [-0.39, 0.29) is 11.9 Å². The minimum absolute atomic E-state index is 0.0202. The molecule has 0 spiro atoms. The molecule has 0 fully saturated rings. The summed E-state index contributed by atoms with van der Waals surface area (Å²) in [6, 6.07) is 9.51. The first-order chi connectivity index (χ1) is 12.7. The van der Waals surface area contributed by atoms with E-state index in [1.807, 2.05) is 28.9 Å². The van der Waals surface area contributed by atoms with Crippen molar-refractivity contribution >= 4 is 17.2 Å². The van der Waals surface area contributed by atoms with Crippen molar-refractivity contribution in [2.75, 3.05) is 6.54 Å². The van der Waals surface area contributed by atoms with Gasteiger partial charge >= 0.3 is 0 Å². The minimum atomic E-state index is -0.322. The van der Waals surface area contributed by atoms with Gasteiger partial charge in [0.15, 0.2) is 0 Å². The summed E-state index contributed by atoms with van der Waals surface area (Å²) in [5, 5.41) is 9.50. The summed E-state index contributed by atoms with van der Waals surface area (Å²) in [6.07, 6.45) is 3.51. The molecule has 4 rings (SSSR count). The van der Waals surface area contributed by atoms with Crippen LogP contribution in [0.1, 0.15) is 27.9 Å². The maximum absolute atomic E-state index is 12.8. The SMILES string of the molecule is Cc1ccsc1CN1Cc2ccnn2C(C(=O)NCc2ccccn2)C1. The van der Waals surface area contributed by atoms with Crippen molar-refractivity contribution < 1.29 is 4.79 Å². The average molecular weight is 367 g/mol. The summed E-state index contributed by atoms with van der Waals surface area (Å²) in [4.78, 5) is 20.8. The molecule has 0 saturated carbocycles. The van der Waals surface area contributed by atoms with Gasteiger partial charge < -0.3 is 5.32 Å². The molecule has 1 unspecified atom stereocenters. The van der Waals surface area contributed by atoms with E-state index >= 15 is 0 Å². The Morgan fingerprint density at radius 2 is 2.23 bits per heavy atom. The van der Waals surface area contributed by atoms with E-state index in [4.69, 9.17) is 0 Å². The number of aromatic nitrogens is 3. The number of hydrogen-bond donors (Lipinski definition) is 1. The van der Waals surface area contributed by atoms with Crippen LogP contribution in [0.25, 0.3) is 0 Å². The van der Waals surface area contributed by atoms with Crippen molar-refractivity contribution in [2.45, 2.75) is 32.6 Å². The molecular weight excluding hydrogens is 346 g/mol. The number of carbonyl (C=O) groups is 1. The number of fused-ring (bicyclic) bond motifs is 1. The van der Waals surface area contributed by atoms with Crippen molar-refractivity contribution in [1.82, 2.24) is 25.0 Å². The highest BCUT2D eigenvalue weighted by Crippen LogP contribution is 2.25. The van der Waals surface area contributed by atoms with Crippen LogP contribution in [0, 0.1) is 6.92 Å². The molecule has 134 valence electrons. The largest absolute Gasteiger partial charge is 0.349 e. The van der Waals surface area contributed by atoms with Crippen LogP contribution in [0.15, 0.2) is 48.1 Å². The monoisotopic (exact) mass is 367 g/mol. The Morgan fingerprint density at radius 1 is 1.31 bits per heavy atom. The van der Waals surface area contributed by atoms with Gasteiger partial charge in [-0.15, -0.1) is 11.3 Å². The lowest BCUT2D eigenvalue weighted by Gasteiger charge is -2.33. The van der Waals surface area contributed by atoms with Gasteiger partial charge in [0, 0.05) is 36.9 Å². The smallest absolute Gasteiger partial charge is 0.246 e. The number of nitrogens with zero attached hydrogens (tertiary/aromatic N) is 4. The normalized spacial score (nSPS) is 17.0. The molecule has 0 bridgehead atoms. The van der Waals surface area contributed by atoms with E-state index in [1.165, 1.54) is 10.4 Å². The van der Waals surface area contributed by atoms with Crippen molar-refractivity contribution in [2.24, 2.45) is 0 Å². The molecular formula is C19H21N5OS. The highest BCUT2D eigenvalue weighted by molar-refractivity contribution is 7.10. The first-order valence-electron chi connectivity index (χ1n) is 8.66. The topological polar surface area (TPSA) is 63.1 Å². The Labute approximate surface area is 156 Å². The van der Waals surface area contributed by atoms with Crippen LogP contribution in [0.3, 0.4) is 0 Å². The third-order valence-electron chi connectivity index (χ3n) is 4.67. The summed E-state index contributed by atoms with van der Waals surface area (Å²) in [5.41, 5.74) is 3.23.